The number of carbonyl (C=O) groups is 9. The summed E-state index contributed by atoms with van der Waals surface area (Å²) in [6.45, 7) is 8.98. The Kier molecular flexibility index (Phi) is 22.5. The highest BCUT2D eigenvalue weighted by Crippen LogP contribution is 2.37. The molecule has 6 amide bonds. The van der Waals surface area contributed by atoms with Crippen molar-refractivity contribution in [2.75, 3.05) is 74.8 Å². The third-order valence-corrected chi connectivity index (χ3v) is 15.4. The largest absolute Gasteiger partial charge is 0.508 e. The molecule has 6 atom stereocenters. The number of Topliss-reactive ketones (excluding diaryl/α,β-unsaturated/α-hetero) is 1. The maximum Gasteiger partial charge on any atom is 0.330 e. The van der Waals surface area contributed by atoms with Gasteiger partial charge in [0.15, 0.2) is 18.1 Å². The van der Waals surface area contributed by atoms with Crippen LogP contribution in [-0.2, 0) is 63.8 Å². The molecule has 3 aromatic carbocycles. The quantitative estimate of drug-likeness (QED) is 0.215. The molecule has 3 aromatic rings. The summed E-state index contributed by atoms with van der Waals surface area (Å²) in [5.74, 6) is -5.60. The van der Waals surface area contributed by atoms with Gasteiger partial charge in [0.25, 0.3) is 11.8 Å². The van der Waals surface area contributed by atoms with Gasteiger partial charge in [0.1, 0.15) is 54.4 Å². The first-order chi connectivity index (χ1) is 39.8. The van der Waals surface area contributed by atoms with Crippen molar-refractivity contribution in [2.45, 2.75) is 135 Å². The summed E-state index contributed by atoms with van der Waals surface area (Å²) in [7, 11) is 7.31. The molecule has 456 valence electrons. The molecule has 3 heterocycles. The normalized spacial score (nSPS) is 24.0. The van der Waals surface area contributed by atoms with Crippen LogP contribution in [0.1, 0.15) is 115 Å². The number of methoxy groups -OCH3 is 2. The van der Waals surface area contributed by atoms with Crippen molar-refractivity contribution < 1.29 is 76.7 Å². The van der Waals surface area contributed by atoms with Crippen LogP contribution in [0.15, 0.2) is 78.9 Å². The van der Waals surface area contributed by atoms with Crippen molar-refractivity contribution in [1.82, 2.24) is 29.8 Å². The number of carbonyl (C=O) groups excluding carboxylic acids is 9. The van der Waals surface area contributed by atoms with Gasteiger partial charge in [0.05, 0.1) is 31.8 Å². The zero-order chi connectivity index (χ0) is 61.6. The molecule has 2 saturated heterocycles. The Morgan fingerprint density at radius 1 is 0.738 bits per heavy atom. The van der Waals surface area contributed by atoms with E-state index in [0.29, 0.717) is 53.9 Å². The lowest BCUT2D eigenvalue weighted by atomic mass is 9.87. The number of fused-ring (bicyclic) bond motifs is 4. The topological polar surface area (TPSA) is 257 Å². The molecule has 0 saturated carbocycles. The number of benzene rings is 3. The van der Waals surface area contributed by atoms with E-state index in [-0.39, 0.29) is 69.3 Å². The number of rotatable bonds is 8. The summed E-state index contributed by atoms with van der Waals surface area (Å²) in [5, 5.41) is 13.9. The molecule has 0 radical (unpaired) electrons. The number of ether oxygens (including phenoxy) is 6. The average Bonchev–Trinajstić information content (AvgIpc) is 3.69. The number of hydrogen-bond acceptors (Lipinski definition) is 16. The van der Waals surface area contributed by atoms with E-state index in [4.69, 9.17) is 28.4 Å². The van der Waals surface area contributed by atoms with Gasteiger partial charge in [-0.15, -0.1) is 0 Å². The standard InChI is InChI=1S/C62H82N6O16/c1-39-55(73)63-53(40-21-13-12-14-22-40)58(76)66(9)46(36-83-61(2,3)4)57(75)67-32-20-26-44(67)56(74)64(7)30-17-16-27-52(71)82-38-62(5,6)54(72)59(77)68-31-18-15-25-45(68)60(78)84-48(29-28-41-34-49(79-10)50(80-11)35-47(41)69)42-23-19-24-43(33-42)81-37-51(70)65(39)8/h12-14,16,19,21-24,27,33-35,39,44-46,48,53,69H,15,17-18,20,25-26,28-32,36-38H2,1-11H3,(H,63,73)/b27-16-/t39-,44-,45-,46-,48+,53?/m0/s1. The van der Waals surface area contributed by atoms with E-state index in [1.807, 2.05) is 0 Å². The smallest absolute Gasteiger partial charge is 0.330 e. The highest BCUT2D eigenvalue weighted by atomic mass is 16.5. The number of amides is 6. The molecule has 0 spiro atoms. The SMILES string of the molecule is COc1cc(O)c(CC[C@H]2OC(=O)[C@@H]3CCCCN3C(=O)C(=O)C(C)(C)COC(=O)/C=C\CCN(C)C(=O)[C@@H]3CCCN3C(=O)[C@H](COC(C)(C)C)N(C)C(=O)C(c3ccccc3)NC(=O)[C@H](C)N(C)C(=O)COc3cccc2c3)cc1OC. The number of phenolic OH excluding ortho intramolecular Hbond substituents is 1. The van der Waals surface area contributed by atoms with Gasteiger partial charge in [0.2, 0.25) is 29.4 Å². The van der Waals surface area contributed by atoms with Crippen molar-refractivity contribution in [3.8, 4) is 23.0 Å². The van der Waals surface area contributed by atoms with Crippen molar-refractivity contribution in [3.05, 3.63) is 95.6 Å². The van der Waals surface area contributed by atoms with E-state index >= 15 is 0 Å². The molecule has 2 N–H and O–H groups in total. The second-order valence-electron chi connectivity index (χ2n) is 23.1. The summed E-state index contributed by atoms with van der Waals surface area (Å²) in [5.41, 5.74) is -1.02. The fourth-order valence-electron chi connectivity index (χ4n) is 10.1. The Morgan fingerprint density at radius 3 is 2.10 bits per heavy atom. The number of aryl methyl sites for hydroxylation is 1. The van der Waals surface area contributed by atoms with Gasteiger partial charge >= 0.3 is 11.9 Å². The van der Waals surface area contributed by atoms with Crippen LogP contribution >= 0.6 is 0 Å². The summed E-state index contributed by atoms with van der Waals surface area (Å²) >= 11 is 0. The van der Waals surface area contributed by atoms with Crippen LogP contribution < -0.4 is 19.5 Å². The van der Waals surface area contributed by atoms with Crippen LogP contribution in [0.3, 0.4) is 0 Å². The van der Waals surface area contributed by atoms with E-state index in [0.717, 1.165) is 6.08 Å². The maximum absolute atomic E-state index is 14.9. The average molecular weight is 1170 g/mol. The number of esters is 2. The van der Waals surface area contributed by atoms with Gasteiger partial charge in [-0.25, -0.2) is 9.59 Å². The lowest BCUT2D eigenvalue weighted by Crippen LogP contribution is -2.58. The lowest BCUT2D eigenvalue weighted by Gasteiger charge is -2.37. The van der Waals surface area contributed by atoms with Crippen molar-refractivity contribution in [1.29, 1.82) is 0 Å². The summed E-state index contributed by atoms with van der Waals surface area (Å²) < 4.78 is 34.8. The van der Waals surface area contributed by atoms with E-state index in [2.05, 4.69) is 5.32 Å². The molecular formula is C62H82N6O16. The first-order valence-corrected chi connectivity index (χ1v) is 28.4. The summed E-state index contributed by atoms with van der Waals surface area (Å²) in [6.07, 6.45) is 4.12. The number of hydrogen-bond donors (Lipinski definition) is 2. The van der Waals surface area contributed by atoms with Gasteiger partial charge in [-0.2, -0.15) is 0 Å². The minimum atomic E-state index is -1.52. The number of phenols is 1. The Hall–Kier alpha value is -8.01. The Bertz CT molecular complexity index is 2910. The number of piperidine rings is 1. The molecule has 22 nitrogen and oxygen atoms in total. The molecule has 6 rings (SSSR count). The second kappa shape index (κ2) is 29.0. The van der Waals surface area contributed by atoms with Crippen LogP contribution in [0.2, 0.25) is 0 Å². The first kappa shape index (κ1) is 65.1. The van der Waals surface area contributed by atoms with Crippen LogP contribution in [-0.4, -0.2) is 187 Å². The molecule has 0 aromatic heterocycles. The molecule has 2 bridgehead atoms. The number of likely N-dealkylation sites (N-methyl/N-ethyl adjacent to an activating group) is 3. The monoisotopic (exact) mass is 1170 g/mol. The van der Waals surface area contributed by atoms with Crippen LogP contribution in [0.4, 0.5) is 0 Å². The van der Waals surface area contributed by atoms with E-state index in [1.165, 1.54) is 85.7 Å². The molecule has 84 heavy (non-hydrogen) atoms. The Labute approximate surface area is 491 Å². The zero-order valence-corrected chi connectivity index (χ0v) is 50.2. The summed E-state index contributed by atoms with van der Waals surface area (Å²) in [4.78, 5) is 134. The highest BCUT2D eigenvalue weighted by molar-refractivity contribution is 6.38. The van der Waals surface area contributed by atoms with Crippen molar-refractivity contribution >= 4 is 53.2 Å². The van der Waals surface area contributed by atoms with Crippen LogP contribution in [0, 0.1) is 5.41 Å². The third kappa shape index (κ3) is 16.6. The molecular weight excluding hydrogens is 1080 g/mol. The minimum absolute atomic E-state index is 0.0707. The molecule has 3 aliphatic rings. The fourth-order valence-corrected chi connectivity index (χ4v) is 10.1. The van der Waals surface area contributed by atoms with Gasteiger partial charge in [-0.05, 0) is 128 Å². The van der Waals surface area contributed by atoms with Crippen LogP contribution in [0.5, 0.6) is 23.0 Å². The van der Waals surface area contributed by atoms with Gasteiger partial charge in [-0.1, -0.05) is 48.5 Å². The zero-order valence-electron chi connectivity index (χ0n) is 50.2. The predicted octanol–water partition coefficient (Wildman–Crippen LogP) is 5.28. The van der Waals surface area contributed by atoms with E-state index in [9.17, 15) is 48.3 Å². The number of cyclic esters (lactones) is 2. The molecule has 22 heteroatoms. The van der Waals surface area contributed by atoms with E-state index in [1.54, 1.807) is 88.5 Å². The number of nitrogens with one attached hydrogen (secondary N) is 1. The number of aromatic hydroxyl groups is 1. The second-order valence-corrected chi connectivity index (χ2v) is 23.1. The third-order valence-electron chi connectivity index (χ3n) is 15.4. The molecule has 1 unspecified atom stereocenters. The highest BCUT2D eigenvalue weighted by Gasteiger charge is 2.45. The van der Waals surface area contributed by atoms with Gasteiger partial charge in [-0.3, -0.25) is 33.6 Å². The van der Waals surface area contributed by atoms with Crippen molar-refractivity contribution in [3.63, 3.8) is 0 Å². The molecule has 0 aliphatic carbocycles. The first-order valence-electron chi connectivity index (χ1n) is 28.4. The van der Waals surface area contributed by atoms with Crippen molar-refractivity contribution in [2.24, 2.45) is 5.41 Å². The Morgan fingerprint density at radius 2 is 1.40 bits per heavy atom. The van der Waals surface area contributed by atoms with E-state index < -0.39 is 108 Å². The maximum atomic E-state index is 14.9. The number of ketones is 1. The Balaban J connectivity index is 1.33. The molecule has 2 fully saturated rings. The fraction of sp³-hybridized carbons (Fsp3) is 0.532. The van der Waals surface area contributed by atoms with Crippen LogP contribution in [0.25, 0.3) is 0 Å². The van der Waals surface area contributed by atoms with Gasteiger partial charge in [0, 0.05) is 52.9 Å². The number of nitrogens with zero attached hydrogens (tertiary/aromatic N) is 5. The van der Waals surface area contributed by atoms with Gasteiger partial charge < -0.3 is 63.3 Å². The molecule has 3 aliphatic heterocycles. The predicted molar refractivity (Wildman–Crippen MR) is 307 cm³/mol. The minimum Gasteiger partial charge on any atom is -0.508 e. The lowest BCUT2D eigenvalue weighted by molar-refractivity contribution is -0.165. The summed E-state index contributed by atoms with van der Waals surface area (Å²) in [6, 6.07) is 12.1.